The molecule has 4 heteroatoms. The molecule has 1 N–H and O–H groups in total. The van der Waals surface area contributed by atoms with Crippen LogP contribution in [-0.2, 0) is 17.6 Å². The first-order valence-electron chi connectivity index (χ1n) is 6.17. The number of hydrogen-bond donors (Lipinski definition) is 1. The van der Waals surface area contributed by atoms with Gasteiger partial charge in [-0.3, -0.25) is 0 Å². The van der Waals surface area contributed by atoms with Gasteiger partial charge in [0.15, 0.2) is 0 Å². The number of aliphatic hydroxyl groups is 1. The Balaban J connectivity index is 2.10. The Morgan fingerprint density at radius 2 is 2.29 bits per heavy atom. The fourth-order valence-corrected chi connectivity index (χ4v) is 3.53. The summed E-state index contributed by atoms with van der Waals surface area (Å²) >= 11 is 1.68. The highest BCUT2D eigenvalue weighted by atomic mass is 32.1. The van der Waals surface area contributed by atoms with E-state index in [1.54, 1.807) is 18.4 Å². The molecule has 0 amide bonds. The van der Waals surface area contributed by atoms with E-state index in [9.17, 15) is 5.11 Å². The number of aryl methyl sites for hydroxylation is 1. The van der Waals surface area contributed by atoms with Gasteiger partial charge in [0, 0.05) is 20.1 Å². The third-order valence-electron chi connectivity index (χ3n) is 3.21. The SMILES string of the molecule is COCCCc1nc2c(s1)C(O)CC(C)(C)C2. The molecule has 1 heterocycles. The van der Waals surface area contributed by atoms with Gasteiger partial charge in [-0.1, -0.05) is 13.8 Å². The minimum Gasteiger partial charge on any atom is -0.387 e. The molecule has 1 aromatic heterocycles. The van der Waals surface area contributed by atoms with Crippen LogP contribution in [0.1, 0.15) is 48.4 Å². The predicted molar refractivity (Wildman–Crippen MR) is 69.4 cm³/mol. The normalized spacial score (nSPS) is 22.5. The maximum absolute atomic E-state index is 10.1. The van der Waals surface area contributed by atoms with Crippen molar-refractivity contribution in [2.75, 3.05) is 13.7 Å². The number of thiazole rings is 1. The Hall–Kier alpha value is -0.450. The standard InChI is InChI=1S/C13H21NO2S/c1-13(2)7-9-12(10(15)8-13)17-11(14-9)5-4-6-16-3/h10,15H,4-8H2,1-3H3. The van der Waals surface area contributed by atoms with Gasteiger partial charge in [0.25, 0.3) is 0 Å². The zero-order chi connectivity index (χ0) is 12.5. The molecule has 0 aliphatic heterocycles. The van der Waals surface area contributed by atoms with Gasteiger partial charge in [-0.25, -0.2) is 4.98 Å². The summed E-state index contributed by atoms with van der Waals surface area (Å²) in [6.45, 7) is 5.17. The molecule has 17 heavy (non-hydrogen) atoms. The fraction of sp³-hybridized carbons (Fsp3) is 0.769. The van der Waals surface area contributed by atoms with Crippen molar-refractivity contribution in [1.82, 2.24) is 4.98 Å². The summed E-state index contributed by atoms with van der Waals surface area (Å²) in [6, 6.07) is 0. The summed E-state index contributed by atoms with van der Waals surface area (Å²) in [6.07, 6.45) is 3.48. The summed E-state index contributed by atoms with van der Waals surface area (Å²) in [5.74, 6) is 0. The van der Waals surface area contributed by atoms with Crippen LogP contribution in [0.3, 0.4) is 0 Å². The first-order valence-corrected chi connectivity index (χ1v) is 6.99. The summed E-state index contributed by atoms with van der Waals surface area (Å²) in [5, 5.41) is 11.3. The molecule has 2 rings (SSSR count). The molecule has 1 aromatic rings. The van der Waals surface area contributed by atoms with Crippen LogP contribution < -0.4 is 0 Å². The molecule has 1 atom stereocenters. The second kappa shape index (κ2) is 5.04. The molecule has 3 nitrogen and oxygen atoms in total. The summed E-state index contributed by atoms with van der Waals surface area (Å²) in [5.41, 5.74) is 1.29. The minimum absolute atomic E-state index is 0.171. The topological polar surface area (TPSA) is 42.4 Å². The van der Waals surface area contributed by atoms with E-state index in [2.05, 4.69) is 18.8 Å². The van der Waals surface area contributed by atoms with Crippen LogP contribution in [-0.4, -0.2) is 23.8 Å². The highest BCUT2D eigenvalue weighted by Crippen LogP contribution is 2.42. The van der Waals surface area contributed by atoms with Gasteiger partial charge in [0.1, 0.15) is 0 Å². The first kappa shape index (κ1) is 13.0. The van der Waals surface area contributed by atoms with Crippen molar-refractivity contribution in [3.05, 3.63) is 15.6 Å². The number of fused-ring (bicyclic) bond motifs is 1. The van der Waals surface area contributed by atoms with Crippen molar-refractivity contribution in [3.63, 3.8) is 0 Å². The number of nitrogens with zero attached hydrogens (tertiary/aromatic N) is 1. The smallest absolute Gasteiger partial charge is 0.0933 e. The van der Waals surface area contributed by atoms with Gasteiger partial charge in [0.2, 0.25) is 0 Å². The molecule has 1 unspecified atom stereocenters. The maximum Gasteiger partial charge on any atom is 0.0933 e. The van der Waals surface area contributed by atoms with Crippen molar-refractivity contribution in [2.45, 2.75) is 45.6 Å². The van der Waals surface area contributed by atoms with E-state index in [-0.39, 0.29) is 11.5 Å². The van der Waals surface area contributed by atoms with Crippen LogP contribution >= 0.6 is 11.3 Å². The van der Waals surface area contributed by atoms with Gasteiger partial charge in [0.05, 0.1) is 21.7 Å². The lowest BCUT2D eigenvalue weighted by molar-refractivity contribution is 0.102. The zero-order valence-corrected chi connectivity index (χ0v) is 11.6. The van der Waals surface area contributed by atoms with E-state index in [0.29, 0.717) is 0 Å². The Kier molecular flexibility index (Phi) is 3.85. The maximum atomic E-state index is 10.1. The van der Waals surface area contributed by atoms with Crippen LogP contribution in [0.2, 0.25) is 0 Å². The number of rotatable bonds is 4. The Bertz CT molecular complexity index is 387. The van der Waals surface area contributed by atoms with E-state index >= 15 is 0 Å². The fourth-order valence-electron chi connectivity index (χ4n) is 2.42. The third kappa shape index (κ3) is 3.06. The van der Waals surface area contributed by atoms with E-state index in [4.69, 9.17) is 4.74 Å². The average molecular weight is 255 g/mol. The molecule has 0 fully saturated rings. The van der Waals surface area contributed by atoms with E-state index < -0.39 is 0 Å². The molecule has 96 valence electrons. The van der Waals surface area contributed by atoms with Crippen molar-refractivity contribution in [1.29, 1.82) is 0 Å². The highest BCUT2D eigenvalue weighted by Gasteiger charge is 2.33. The molecule has 0 radical (unpaired) electrons. The number of methoxy groups -OCH3 is 1. The molecular weight excluding hydrogens is 234 g/mol. The molecule has 0 aromatic carbocycles. The number of hydrogen-bond acceptors (Lipinski definition) is 4. The predicted octanol–water partition coefficient (Wildman–Crippen LogP) is 2.73. The second-order valence-corrected chi connectivity index (χ2v) is 6.69. The van der Waals surface area contributed by atoms with Crippen LogP contribution in [0.5, 0.6) is 0 Å². The number of ether oxygens (including phenoxy) is 1. The molecular formula is C13H21NO2S. The summed E-state index contributed by atoms with van der Waals surface area (Å²) in [4.78, 5) is 5.77. The molecule has 0 saturated carbocycles. The molecule has 1 aliphatic carbocycles. The zero-order valence-electron chi connectivity index (χ0n) is 10.8. The lowest BCUT2D eigenvalue weighted by Crippen LogP contribution is -2.24. The Morgan fingerprint density at radius 1 is 1.53 bits per heavy atom. The third-order valence-corrected chi connectivity index (χ3v) is 4.46. The van der Waals surface area contributed by atoms with Crippen molar-refractivity contribution < 1.29 is 9.84 Å². The molecule has 0 saturated heterocycles. The largest absolute Gasteiger partial charge is 0.387 e. The molecule has 1 aliphatic rings. The lowest BCUT2D eigenvalue weighted by atomic mass is 9.77. The van der Waals surface area contributed by atoms with E-state index in [0.717, 1.165) is 47.9 Å². The molecule has 0 spiro atoms. The minimum atomic E-state index is -0.317. The van der Waals surface area contributed by atoms with E-state index in [1.807, 2.05) is 0 Å². The van der Waals surface area contributed by atoms with Crippen LogP contribution in [0, 0.1) is 5.41 Å². The van der Waals surface area contributed by atoms with Crippen LogP contribution in [0.25, 0.3) is 0 Å². The van der Waals surface area contributed by atoms with Gasteiger partial charge in [-0.15, -0.1) is 11.3 Å². The quantitative estimate of drug-likeness (QED) is 0.841. The summed E-state index contributed by atoms with van der Waals surface area (Å²) < 4.78 is 5.05. The van der Waals surface area contributed by atoms with Crippen molar-refractivity contribution in [3.8, 4) is 0 Å². The summed E-state index contributed by atoms with van der Waals surface area (Å²) in [7, 11) is 1.72. The van der Waals surface area contributed by atoms with Crippen LogP contribution in [0.4, 0.5) is 0 Å². The van der Waals surface area contributed by atoms with Gasteiger partial charge >= 0.3 is 0 Å². The Labute approximate surface area is 107 Å². The average Bonchev–Trinajstić information content (AvgIpc) is 2.59. The monoisotopic (exact) mass is 255 g/mol. The second-order valence-electron chi connectivity index (χ2n) is 5.58. The number of aliphatic hydroxyl groups excluding tert-OH is 1. The number of aromatic nitrogens is 1. The van der Waals surface area contributed by atoms with Gasteiger partial charge < -0.3 is 9.84 Å². The molecule has 0 bridgehead atoms. The highest BCUT2D eigenvalue weighted by molar-refractivity contribution is 7.11. The van der Waals surface area contributed by atoms with Gasteiger partial charge in [-0.05, 0) is 24.7 Å². The van der Waals surface area contributed by atoms with Gasteiger partial charge in [-0.2, -0.15) is 0 Å². The van der Waals surface area contributed by atoms with E-state index in [1.165, 1.54) is 0 Å². The van der Waals surface area contributed by atoms with Crippen molar-refractivity contribution in [2.24, 2.45) is 5.41 Å². The van der Waals surface area contributed by atoms with Crippen molar-refractivity contribution >= 4 is 11.3 Å². The van der Waals surface area contributed by atoms with Crippen LogP contribution in [0.15, 0.2) is 0 Å². The first-order chi connectivity index (χ1) is 8.02. The lowest BCUT2D eigenvalue weighted by Gasteiger charge is -2.31. The Morgan fingerprint density at radius 3 is 3.00 bits per heavy atom.